The molecule has 16 heavy (non-hydrogen) atoms. The van der Waals surface area contributed by atoms with E-state index in [-0.39, 0.29) is 11.5 Å². The van der Waals surface area contributed by atoms with Gasteiger partial charge in [-0.15, -0.1) is 6.58 Å². The summed E-state index contributed by atoms with van der Waals surface area (Å²) >= 11 is 0. The molecule has 1 atom stereocenters. The van der Waals surface area contributed by atoms with Crippen molar-refractivity contribution >= 4 is 10.0 Å². The normalized spacial score (nSPS) is 26.3. The van der Waals surface area contributed by atoms with E-state index in [9.17, 15) is 13.5 Å². The van der Waals surface area contributed by atoms with Crippen molar-refractivity contribution in [2.24, 2.45) is 0 Å². The van der Waals surface area contributed by atoms with Gasteiger partial charge in [0.15, 0.2) is 0 Å². The summed E-state index contributed by atoms with van der Waals surface area (Å²) in [5.74, 6) is 0. The lowest BCUT2D eigenvalue weighted by Gasteiger charge is -2.25. The highest BCUT2D eigenvalue weighted by Gasteiger charge is 2.45. The molecule has 1 heterocycles. The Hall–Kier alpha value is -1.17. The van der Waals surface area contributed by atoms with E-state index < -0.39 is 15.6 Å². The predicted molar refractivity (Wildman–Crippen MR) is 60.3 cm³/mol. The van der Waals surface area contributed by atoms with Crippen LogP contribution in [0.5, 0.6) is 0 Å². The van der Waals surface area contributed by atoms with Gasteiger partial charge in [-0.2, -0.15) is 4.72 Å². The molecular weight excluding hydrogens is 226 g/mol. The van der Waals surface area contributed by atoms with E-state index in [4.69, 9.17) is 0 Å². The number of aliphatic hydroxyl groups excluding tert-OH is 1. The van der Waals surface area contributed by atoms with Gasteiger partial charge in [0.25, 0.3) is 0 Å². The van der Waals surface area contributed by atoms with Crippen molar-refractivity contribution < 1.29 is 13.5 Å². The second-order valence-electron chi connectivity index (χ2n) is 3.83. The zero-order valence-electron chi connectivity index (χ0n) is 8.68. The summed E-state index contributed by atoms with van der Waals surface area (Å²) in [6.45, 7) is 3.31. The summed E-state index contributed by atoms with van der Waals surface area (Å²) in [5, 5.41) is 9.45. The van der Waals surface area contributed by atoms with Gasteiger partial charge >= 0.3 is 0 Å². The summed E-state index contributed by atoms with van der Waals surface area (Å²) < 4.78 is 26.2. The Morgan fingerprint density at radius 2 is 2.12 bits per heavy atom. The monoisotopic (exact) mass is 239 g/mol. The SMILES string of the molecule is C=CC[C@]1(CO)NS(=O)(=O)c2ccccc21. The van der Waals surface area contributed by atoms with Crippen molar-refractivity contribution in [1.82, 2.24) is 4.72 Å². The summed E-state index contributed by atoms with van der Waals surface area (Å²) in [4.78, 5) is 0.242. The van der Waals surface area contributed by atoms with Gasteiger partial charge in [0.2, 0.25) is 10.0 Å². The highest BCUT2D eigenvalue weighted by atomic mass is 32.2. The first-order valence-electron chi connectivity index (χ1n) is 4.91. The van der Waals surface area contributed by atoms with Crippen LogP contribution in [0.2, 0.25) is 0 Å². The highest BCUT2D eigenvalue weighted by Crippen LogP contribution is 2.37. The molecule has 1 aliphatic rings. The van der Waals surface area contributed by atoms with E-state index in [1.807, 2.05) is 0 Å². The van der Waals surface area contributed by atoms with Crippen LogP contribution in [0.15, 0.2) is 41.8 Å². The third-order valence-corrected chi connectivity index (χ3v) is 4.38. The second kappa shape index (κ2) is 3.69. The van der Waals surface area contributed by atoms with Crippen molar-refractivity contribution in [2.75, 3.05) is 6.61 Å². The van der Waals surface area contributed by atoms with Gasteiger partial charge in [-0.05, 0) is 18.1 Å². The lowest BCUT2D eigenvalue weighted by atomic mass is 9.89. The third kappa shape index (κ3) is 1.48. The molecule has 1 aromatic carbocycles. The topological polar surface area (TPSA) is 66.4 Å². The fourth-order valence-electron chi connectivity index (χ4n) is 2.04. The van der Waals surface area contributed by atoms with Crippen LogP contribution in [0, 0.1) is 0 Å². The molecule has 0 fully saturated rings. The van der Waals surface area contributed by atoms with Gasteiger partial charge in [-0.25, -0.2) is 8.42 Å². The minimum atomic E-state index is -3.51. The van der Waals surface area contributed by atoms with Gasteiger partial charge in [-0.3, -0.25) is 0 Å². The minimum Gasteiger partial charge on any atom is -0.394 e. The molecule has 0 spiro atoms. The Morgan fingerprint density at radius 1 is 1.44 bits per heavy atom. The highest BCUT2D eigenvalue weighted by molar-refractivity contribution is 7.89. The van der Waals surface area contributed by atoms with Gasteiger partial charge in [0.05, 0.1) is 17.0 Å². The fourth-order valence-corrected chi connectivity index (χ4v) is 3.74. The zero-order valence-corrected chi connectivity index (χ0v) is 9.50. The maximum atomic E-state index is 11.8. The van der Waals surface area contributed by atoms with Crippen LogP contribution in [0.4, 0.5) is 0 Å². The van der Waals surface area contributed by atoms with E-state index >= 15 is 0 Å². The van der Waals surface area contributed by atoms with E-state index in [0.717, 1.165) is 0 Å². The zero-order chi connectivity index (χ0) is 11.8. The van der Waals surface area contributed by atoms with E-state index in [1.54, 1.807) is 24.3 Å². The molecule has 1 aromatic rings. The molecule has 2 N–H and O–H groups in total. The summed E-state index contributed by atoms with van der Waals surface area (Å²) in [7, 11) is -3.51. The van der Waals surface area contributed by atoms with Crippen LogP contribution in [0.1, 0.15) is 12.0 Å². The Bertz CT molecular complexity index is 524. The van der Waals surface area contributed by atoms with Crippen molar-refractivity contribution in [3.63, 3.8) is 0 Å². The maximum Gasteiger partial charge on any atom is 0.241 e. The van der Waals surface area contributed by atoms with Crippen LogP contribution in [-0.2, 0) is 15.6 Å². The Morgan fingerprint density at radius 3 is 2.75 bits per heavy atom. The van der Waals surface area contributed by atoms with Gasteiger partial charge in [0.1, 0.15) is 0 Å². The van der Waals surface area contributed by atoms with E-state index in [0.29, 0.717) is 12.0 Å². The molecule has 0 saturated heterocycles. The molecule has 0 unspecified atom stereocenters. The number of sulfonamides is 1. The van der Waals surface area contributed by atoms with Crippen LogP contribution in [0.3, 0.4) is 0 Å². The summed E-state index contributed by atoms with van der Waals surface area (Å²) in [5.41, 5.74) is -0.339. The molecule has 4 nitrogen and oxygen atoms in total. The summed E-state index contributed by atoms with van der Waals surface area (Å²) in [6, 6.07) is 6.68. The second-order valence-corrected chi connectivity index (χ2v) is 5.49. The molecule has 5 heteroatoms. The van der Waals surface area contributed by atoms with Crippen LogP contribution < -0.4 is 4.72 Å². The van der Waals surface area contributed by atoms with E-state index in [1.165, 1.54) is 6.07 Å². The average Bonchev–Trinajstić information content (AvgIpc) is 2.50. The molecule has 0 bridgehead atoms. The first kappa shape index (κ1) is 11.3. The van der Waals surface area contributed by atoms with Crippen molar-refractivity contribution in [1.29, 1.82) is 0 Å². The predicted octanol–water partition coefficient (Wildman–Crippen LogP) is 0.742. The van der Waals surface area contributed by atoms with E-state index in [2.05, 4.69) is 11.3 Å². The quantitative estimate of drug-likeness (QED) is 0.765. The Labute approximate surface area is 94.7 Å². The molecule has 0 saturated carbocycles. The van der Waals surface area contributed by atoms with Gasteiger partial charge in [0, 0.05) is 0 Å². The lowest BCUT2D eigenvalue weighted by Crippen LogP contribution is -2.42. The Balaban J connectivity index is 2.67. The van der Waals surface area contributed by atoms with Gasteiger partial charge in [-0.1, -0.05) is 24.3 Å². The van der Waals surface area contributed by atoms with Crippen molar-refractivity contribution in [3.05, 3.63) is 42.5 Å². The number of rotatable bonds is 3. The van der Waals surface area contributed by atoms with Gasteiger partial charge < -0.3 is 5.11 Å². The first-order chi connectivity index (χ1) is 7.56. The fraction of sp³-hybridized carbons (Fsp3) is 0.273. The molecule has 0 amide bonds. The standard InChI is InChI=1S/C11H13NO3S/c1-2-7-11(8-13)9-5-3-4-6-10(9)16(14,15)12-11/h2-6,12-13H,1,7-8H2/t11-/m1/s1. The Kier molecular flexibility index (Phi) is 2.61. The molecular formula is C11H13NO3S. The molecule has 0 aromatic heterocycles. The van der Waals surface area contributed by atoms with Crippen LogP contribution in [-0.4, -0.2) is 20.1 Å². The van der Waals surface area contributed by atoms with Crippen molar-refractivity contribution in [2.45, 2.75) is 16.9 Å². The third-order valence-electron chi connectivity index (χ3n) is 2.78. The number of benzene rings is 1. The molecule has 0 aliphatic carbocycles. The number of fused-ring (bicyclic) bond motifs is 1. The average molecular weight is 239 g/mol. The molecule has 2 rings (SSSR count). The smallest absolute Gasteiger partial charge is 0.241 e. The molecule has 0 radical (unpaired) electrons. The number of hydrogen-bond acceptors (Lipinski definition) is 3. The number of nitrogens with one attached hydrogen (secondary N) is 1. The van der Waals surface area contributed by atoms with Crippen LogP contribution >= 0.6 is 0 Å². The first-order valence-corrected chi connectivity index (χ1v) is 6.39. The number of hydrogen-bond donors (Lipinski definition) is 2. The largest absolute Gasteiger partial charge is 0.394 e. The minimum absolute atomic E-state index is 0.242. The summed E-state index contributed by atoms with van der Waals surface area (Å²) in [6.07, 6.45) is 1.96. The van der Waals surface area contributed by atoms with Crippen molar-refractivity contribution in [3.8, 4) is 0 Å². The molecule has 1 aliphatic heterocycles. The molecule has 86 valence electrons. The lowest BCUT2D eigenvalue weighted by molar-refractivity contribution is 0.186. The van der Waals surface area contributed by atoms with Crippen LogP contribution in [0.25, 0.3) is 0 Å². The number of aliphatic hydroxyl groups is 1. The maximum absolute atomic E-state index is 11.8.